The zero-order valence-corrected chi connectivity index (χ0v) is 10.8. The highest BCUT2D eigenvalue weighted by atomic mass is 19.1. The fraction of sp³-hybridized carbons (Fsp3) is 0.467. The van der Waals surface area contributed by atoms with Crippen molar-refractivity contribution in [1.29, 1.82) is 5.26 Å². The predicted molar refractivity (Wildman–Crippen MR) is 69.8 cm³/mol. The van der Waals surface area contributed by atoms with Crippen molar-refractivity contribution in [2.24, 2.45) is 0 Å². The lowest BCUT2D eigenvalue weighted by molar-refractivity contribution is -0.132. The molecule has 0 aliphatic carbocycles. The topological polar surface area (TPSA) is 44.1 Å². The molecule has 1 fully saturated rings. The molecule has 1 saturated heterocycles. The molecule has 100 valence electrons. The molecule has 1 aromatic rings. The molecule has 0 radical (unpaired) electrons. The van der Waals surface area contributed by atoms with E-state index in [4.69, 9.17) is 0 Å². The first-order valence-corrected chi connectivity index (χ1v) is 6.63. The van der Waals surface area contributed by atoms with Gasteiger partial charge in [-0.25, -0.2) is 4.39 Å². The number of benzene rings is 1. The number of hydrogen-bond acceptors (Lipinski definition) is 2. The molecule has 0 saturated carbocycles. The van der Waals surface area contributed by atoms with Gasteiger partial charge < -0.3 is 4.90 Å². The highest BCUT2D eigenvalue weighted by Crippen LogP contribution is 2.21. The largest absolute Gasteiger partial charge is 0.343 e. The molecule has 4 heteroatoms. The Balaban J connectivity index is 2.00. The van der Waals surface area contributed by atoms with Crippen molar-refractivity contribution in [3.05, 3.63) is 35.6 Å². The van der Waals surface area contributed by atoms with Crippen LogP contribution in [0.3, 0.4) is 0 Å². The first kappa shape index (κ1) is 13.5. The summed E-state index contributed by atoms with van der Waals surface area (Å²) in [6, 6.07) is 7.94. The molecule has 0 aromatic heterocycles. The summed E-state index contributed by atoms with van der Waals surface area (Å²) in [5.74, 6) is -0.798. The van der Waals surface area contributed by atoms with Gasteiger partial charge in [-0.3, -0.25) is 4.79 Å². The Morgan fingerprint density at radius 2 is 1.89 bits per heavy atom. The number of rotatable bonds is 3. The van der Waals surface area contributed by atoms with Crippen LogP contribution in [0.4, 0.5) is 4.39 Å². The van der Waals surface area contributed by atoms with Crippen LogP contribution in [-0.2, 0) is 4.79 Å². The number of nitrogens with zero attached hydrogens (tertiary/aromatic N) is 2. The Labute approximate surface area is 112 Å². The lowest BCUT2D eigenvalue weighted by Crippen LogP contribution is -2.36. The van der Waals surface area contributed by atoms with Gasteiger partial charge >= 0.3 is 0 Å². The van der Waals surface area contributed by atoms with Crippen LogP contribution in [-0.4, -0.2) is 23.9 Å². The highest BCUT2D eigenvalue weighted by molar-refractivity contribution is 5.77. The number of nitriles is 1. The van der Waals surface area contributed by atoms with Crippen LogP contribution < -0.4 is 0 Å². The number of halogens is 1. The van der Waals surface area contributed by atoms with E-state index in [1.54, 1.807) is 12.1 Å². The Bertz CT molecular complexity index is 472. The third-order valence-electron chi connectivity index (χ3n) is 3.52. The number of carbonyl (C=O) groups is 1. The monoisotopic (exact) mass is 260 g/mol. The third-order valence-corrected chi connectivity index (χ3v) is 3.52. The molecule has 1 aromatic carbocycles. The molecule has 1 aliphatic heterocycles. The van der Waals surface area contributed by atoms with Gasteiger partial charge in [-0.15, -0.1) is 0 Å². The van der Waals surface area contributed by atoms with Crippen LogP contribution in [0.1, 0.15) is 37.2 Å². The maximum Gasteiger partial charge on any atom is 0.224 e. The van der Waals surface area contributed by atoms with Gasteiger partial charge in [-0.1, -0.05) is 12.1 Å². The quantitative estimate of drug-likeness (QED) is 0.838. The molecule has 0 bridgehead atoms. The smallest absolute Gasteiger partial charge is 0.224 e. The maximum absolute atomic E-state index is 12.8. The van der Waals surface area contributed by atoms with Crippen molar-refractivity contribution in [2.75, 3.05) is 13.1 Å². The fourth-order valence-electron chi connectivity index (χ4n) is 2.38. The van der Waals surface area contributed by atoms with Gasteiger partial charge in [0.2, 0.25) is 5.91 Å². The van der Waals surface area contributed by atoms with E-state index < -0.39 is 5.92 Å². The van der Waals surface area contributed by atoms with Crippen LogP contribution in [0.2, 0.25) is 0 Å². The molecule has 3 nitrogen and oxygen atoms in total. The second-order valence-electron chi connectivity index (χ2n) is 4.88. The van der Waals surface area contributed by atoms with E-state index in [0.29, 0.717) is 5.56 Å². The minimum absolute atomic E-state index is 0.0237. The van der Waals surface area contributed by atoms with Gasteiger partial charge in [0.1, 0.15) is 5.82 Å². The number of carbonyl (C=O) groups excluding carboxylic acids is 1. The molecule has 1 aliphatic rings. The minimum atomic E-state index is -0.491. The summed E-state index contributed by atoms with van der Waals surface area (Å²) in [4.78, 5) is 13.9. The Morgan fingerprint density at radius 1 is 1.26 bits per heavy atom. The second-order valence-corrected chi connectivity index (χ2v) is 4.88. The molecule has 1 heterocycles. The summed E-state index contributed by atoms with van der Waals surface area (Å²) in [5.41, 5.74) is 0.703. The Morgan fingerprint density at radius 3 is 2.47 bits per heavy atom. The maximum atomic E-state index is 12.8. The van der Waals surface area contributed by atoms with Crippen molar-refractivity contribution >= 4 is 5.91 Å². The summed E-state index contributed by atoms with van der Waals surface area (Å²) < 4.78 is 12.8. The normalized spacial score (nSPS) is 16.7. The van der Waals surface area contributed by atoms with Gasteiger partial charge in [0.25, 0.3) is 0 Å². The average Bonchev–Trinajstić information content (AvgIpc) is 2.46. The van der Waals surface area contributed by atoms with Crippen LogP contribution in [0.25, 0.3) is 0 Å². The number of piperidine rings is 1. The lowest BCUT2D eigenvalue weighted by Gasteiger charge is -2.27. The first-order chi connectivity index (χ1) is 9.20. The Kier molecular flexibility index (Phi) is 4.51. The van der Waals surface area contributed by atoms with E-state index >= 15 is 0 Å². The molecule has 1 atom stereocenters. The van der Waals surface area contributed by atoms with E-state index in [0.717, 1.165) is 25.9 Å². The molecule has 2 rings (SSSR count). The molecule has 19 heavy (non-hydrogen) atoms. The van der Waals surface area contributed by atoms with Gasteiger partial charge in [-0.05, 0) is 37.0 Å². The van der Waals surface area contributed by atoms with Crippen molar-refractivity contribution < 1.29 is 9.18 Å². The zero-order chi connectivity index (χ0) is 13.7. The summed E-state index contributed by atoms with van der Waals surface area (Å²) >= 11 is 0. The number of amides is 1. The zero-order valence-electron chi connectivity index (χ0n) is 10.8. The molecule has 0 N–H and O–H groups in total. The molecule has 0 spiro atoms. The van der Waals surface area contributed by atoms with E-state index in [1.165, 1.54) is 18.6 Å². The van der Waals surface area contributed by atoms with Gasteiger partial charge in [-0.2, -0.15) is 5.26 Å². The van der Waals surface area contributed by atoms with Crippen LogP contribution in [0.15, 0.2) is 24.3 Å². The molecule has 1 unspecified atom stereocenters. The lowest BCUT2D eigenvalue weighted by atomic mass is 9.96. The SMILES string of the molecule is N#CC(CC(=O)N1CCCCC1)c1ccc(F)cc1. The van der Waals surface area contributed by atoms with Crippen LogP contribution in [0.5, 0.6) is 0 Å². The predicted octanol–water partition coefficient (Wildman–Crippen LogP) is 2.84. The van der Waals surface area contributed by atoms with Crippen molar-refractivity contribution in [1.82, 2.24) is 4.90 Å². The van der Waals surface area contributed by atoms with Gasteiger partial charge in [0.15, 0.2) is 0 Å². The van der Waals surface area contributed by atoms with Gasteiger partial charge in [0.05, 0.1) is 12.0 Å². The van der Waals surface area contributed by atoms with E-state index in [-0.39, 0.29) is 18.1 Å². The molecular weight excluding hydrogens is 243 g/mol. The summed E-state index contributed by atoms with van der Waals surface area (Å²) in [6.45, 7) is 1.58. The van der Waals surface area contributed by atoms with E-state index in [9.17, 15) is 14.4 Å². The van der Waals surface area contributed by atoms with Crippen molar-refractivity contribution in [3.63, 3.8) is 0 Å². The number of likely N-dealkylation sites (tertiary alicyclic amines) is 1. The minimum Gasteiger partial charge on any atom is -0.343 e. The molecule has 1 amide bonds. The average molecular weight is 260 g/mol. The standard InChI is InChI=1S/C15H17FN2O/c16-14-6-4-12(5-7-14)13(11-17)10-15(19)18-8-2-1-3-9-18/h4-7,13H,1-3,8-10H2. The summed E-state index contributed by atoms with van der Waals surface area (Å²) in [6.07, 6.45) is 3.44. The van der Waals surface area contributed by atoms with E-state index in [2.05, 4.69) is 6.07 Å². The van der Waals surface area contributed by atoms with Crippen molar-refractivity contribution in [2.45, 2.75) is 31.6 Å². The van der Waals surface area contributed by atoms with E-state index in [1.807, 2.05) is 4.90 Å². The highest BCUT2D eigenvalue weighted by Gasteiger charge is 2.21. The summed E-state index contributed by atoms with van der Waals surface area (Å²) in [5, 5.41) is 9.18. The fourth-order valence-corrected chi connectivity index (χ4v) is 2.38. The van der Waals surface area contributed by atoms with Crippen LogP contribution in [0, 0.1) is 17.1 Å². The first-order valence-electron chi connectivity index (χ1n) is 6.63. The number of hydrogen-bond donors (Lipinski definition) is 0. The molecular formula is C15H17FN2O. The van der Waals surface area contributed by atoms with Gasteiger partial charge in [0, 0.05) is 19.5 Å². The third kappa shape index (κ3) is 3.54. The van der Waals surface area contributed by atoms with Crippen LogP contribution >= 0.6 is 0 Å². The Hall–Kier alpha value is -1.89. The second kappa shape index (κ2) is 6.33. The summed E-state index contributed by atoms with van der Waals surface area (Å²) in [7, 11) is 0. The van der Waals surface area contributed by atoms with Crippen molar-refractivity contribution in [3.8, 4) is 6.07 Å².